The molecular formula is C19H22N8. The summed E-state index contributed by atoms with van der Waals surface area (Å²) in [6, 6.07) is 3.84. The first kappa shape index (κ1) is 17.1. The Hall–Kier alpha value is -3.29. The molecule has 0 fully saturated rings. The van der Waals surface area contributed by atoms with E-state index in [4.69, 9.17) is 4.98 Å². The molecule has 8 heteroatoms. The van der Waals surface area contributed by atoms with E-state index in [0.29, 0.717) is 11.7 Å². The van der Waals surface area contributed by atoms with Crippen molar-refractivity contribution in [3.05, 3.63) is 48.9 Å². The van der Waals surface area contributed by atoms with E-state index < -0.39 is 0 Å². The Morgan fingerprint density at radius 2 is 1.93 bits per heavy atom. The lowest BCUT2D eigenvalue weighted by atomic mass is 10.0. The lowest BCUT2D eigenvalue weighted by Crippen LogP contribution is -2.21. The monoisotopic (exact) mass is 362 g/mol. The van der Waals surface area contributed by atoms with Gasteiger partial charge < -0.3 is 9.88 Å². The average Bonchev–Trinajstić information content (AvgIpc) is 3.26. The van der Waals surface area contributed by atoms with Gasteiger partial charge in [0, 0.05) is 44.4 Å². The van der Waals surface area contributed by atoms with Crippen molar-refractivity contribution in [3.8, 4) is 11.4 Å². The summed E-state index contributed by atoms with van der Waals surface area (Å²) in [4.78, 5) is 18.2. The number of anilines is 1. The minimum absolute atomic E-state index is 0.00468. The van der Waals surface area contributed by atoms with Crippen molar-refractivity contribution in [3.63, 3.8) is 0 Å². The number of fused-ring (bicyclic) bond motifs is 1. The number of hydrogen-bond donors (Lipinski definition) is 1. The van der Waals surface area contributed by atoms with Crippen molar-refractivity contribution < 1.29 is 0 Å². The largest absolute Gasteiger partial charge is 0.359 e. The predicted molar refractivity (Wildman–Crippen MR) is 104 cm³/mol. The molecule has 0 bridgehead atoms. The second kappa shape index (κ2) is 6.79. The summed E-state index contributed by atoms with van der Waals surface area (Å²) < 4.78 is 3.79. The molecule has 0 saturated heterocycles. The fourth-order valence-electron chi connectivity index (χ4n) is 3.11. The molecule has 1 N–H and O–H groups in total. The number of nitrogens with one attached hydrogen (secondary N) is 1. The number of aromatic nitrogens is 7. The maximum absolute atomic E-state index is 4.79. The Morgan fingerprint density at radius 3 is 2.59 bits per heavy atom. The van der Waals surface area contributed by atoms with Crippen LogP contribution >= 0.6 is 0 Å². The van der Waals surface area contributed by atoms with E-state index in [9.17, 15) is 0 Å². The van der Waals surface area contributed by atoms with E-state index >= 15 is 0 Å². The Kier molecular flexibility index (Phi) is 4.31. The van der Waals surface area contributed by atoms with E-state index in [1.807, 2.05) is 43.2 Å². The molecule has 0 aliphatic heterocycles. The van der Waals surface area contributed by atoms with Crippen LogP contribution in [-0.4, -0.2) is 34.3 Å². The minimum atomic E-state index is 0.00468. The highest BCUT2D eigenvalue weighted by atomic mass is 15.3. The summed E-state index contributed by atoms with van der Waals surface area (Å²) in [5, 5.41) is 8.82. The van der Waals surface area contributed by atoms with Gasteiger partial charge in [0.2, 0.25) is 0 Å². The first-order chi connectivity index (χ1) is 13.0. The van der Waals surface area contributed by atoms with Gasteiger partial charge in [-0.2, -0.15) is 5.10 Å². The molecule has 4 rings (SSSR count). The van der Waals surface area contributed by atoms with Crippen molar-refractivity contribution >= 4 is 16.9 Å². The van der Waals surface area contributed by atoms with E-state index in [0.717, 1.165) is 28.2 Å². The summed E-state index contributed by atoms with van der Waals surface area (Å²) in [5.41, 5.74) is 1.63. The summed E-state index contributed by atoms with van der Waals surface area (Å²) in [5.74, 6) is 2.64. The normalized spacial score (nSPS) is 12.6. The van der Waals surface area contributed by atoms with Crippen molar-refractivity contribution in [1.29, 1.82) is 0 Å². The second-order valence-corrected chi connectivity index (χ2v) is 6.91. The number of pyridine rings is 1. The second-order valence-electron chi connectivity index (χ2n) is 6.91. The number of nitrogens with zero attached hydrogens (tertiary/aromatic N) is 7. The number of hydrogen-bond acceptors (Lipinski definition) is 6. The highest BCUT2D eigenvalue weighted by Crippen LogP contribution is 2.30. The van der Waals surface area contributed by atoms with Gasteiger partial charge in [0.1, 0.15) is 11.6 Å². The van der Waals surface area contributed by atoms with E-state index in [1.54, 1.807) is 23.3 Å². The zero-order chi connectivity index (χ0) is 19.0. The molecule has 27 heavy (non-hydrogen) atoms. The highest BCUT2D eigenvalue weighted by Gasteiger charge is 2.23. The molecule has 0 aliphatic rings. The van der Waals surface area contributed by atoms with Crippen LogP contribution in [0.25, 0.3) is 22.4 Å². The molecule has 0 amide bonds. The molecule has 0 aromatic carbocycles. The average molecular weight is 362 g/mol. The van der Waals surface area contributed by atoms with Gasteiger partial charge in [0.05, 0.1) is 17.6 Å². The highest BCUT2D eigenvalue weighted by molar-refractivity contribution is 5.88. The Labute approximate surface area is 157 Å². The maximum Gasteiger partial charge on any atom is 0.165 e. The van der Waals surface area contributed by atoms with Crippen molar-refractivity contribution in [2.45, 2.75) is 19.9 Å². The van der Waals surface area contributed by atoms with Gasteiger partial charge in [-0.25, -0.2) is 15.0 Å². The summed E-state index contributed by atoms with van der Waals surface area (Å²) in [7, 11) is 3.88. The van der Waals surface area contributed by atoms with Crippen LogP contribution in [0.3, 0.4) is 0 Å². The smallest absolute Gasteiger partial charge is 0.165 e. The molecule has 0 spiro atoms. The summed E-state index contributed by atoms with van der Waals surface area (Å²) in [6.07, 6.45) is 9.06. The van der Waals surface area contributed by atoms with Crippen LogP contribution in [0.5, 0.6) is 0 Å². The van der Waals surface area contributed by atoms with Crippen LogP contribution in [-0.2, 0) is 14.1 Å². The molecule has 0 saturated carbocycles. The first-order valence-corrected chi connectivity index (χ1v) is 8.88. The Bertz CT molecular complexity index is 1060. The van der Waals surface area contributed by atoms with Crippen molar-refractivity contribution in [2.24, 2.45) is 20.0 Å². The van der Waals surface area contributed by atoms with Gasteiger partial charge in [-0.05, 0) is 18.1 Å². The lowest BCUT2D eigenvalue weighted by Gasteiger charge is -2.23. The van der Waals surface area contributed by atoms with Gasteiger partial charge in [-0.1, -0.05) is 13.8 Å². The number of aryl methyl sites for hydroxylation is 2. The molecule has 4 heterocycles. The summed E-state index contributed by atoms with van der Waals surface area (Å²) in [6.45, 7) is 4.33. The van der Waals surface area contributed by atoms with E-state index in [1.165, 1.54) is 0 Å². The molecule has 4 aromatic heterocycles. The molecule has 0 radical (unpaired) electrons. The van der Waals surface area contributed by atoms with E-state index in [2.05, 4.69) is 39.2 Å². The van der Waals surface area contributed by atoms with Gasteiger partial charge >= 0.3 is 0 Å². The van der Waals surface area contributed by atoms with Crippen LogP contribution in [0.2, 0.25) is 0 Å². The van der Waals surface area contributed by atoms with Gasteiger partial charge in [-0.3, -0.25) is 9.67 Å². The molecular weight excluding hydrogens is 340 g/mol. The fourth-order valence-corrected chi connectivity index (χ4v) is 3.11. The molecule has 8 nitrogen and oxygen atoms in total. The zero-order valence-electron chi connectivity index (χ0n) is 15.8. The fraction of sp³-hybridized carbons (Fsp3) is 0.316. The third-order valence-corrected chi connectivity index (χ3v) is 4.61. The quantitative estimate of drug-likeness (QED) is 0.587. The van der Waals surface area contributed by atoms with Crippen LogP contribution < -0.4 is 5.32 Å². The predicted octanol–water partition coefficient (Wildman–Crippen LogP) is 2.97. The number of rotatable bonds is 5. The maximum atomic E-state index is 4.79. The zero-order valence-corrected chi connectivity index (χ0v) is 15.8. The molecule has 0 aliphatic carbocycles. The topological polar surface area (TPSA) is 86.3 Å². The van der Waals surface area contributed by atoms with Gasteiger partial charge in [0.25, 0.3) is 0 Å². The summed E-state index contributed by atoms with van der Waals surface area (Å²) >= 11 is 0. The van der Waals surface area contributed by atoms with Crippen molar-refractivity contribution in [1.82, 2.24) is 34.3 Å². The van der Waals surface area contributed by atoms with Crippen LogP contribution in [0, 0.1) is 5.92 Å². The van der Waals surface area contributed by atoms with Crippen LogP contribution in [0.4, 0.5) is 5.82 Å². The lowest BCUT2D eigenvalue weighted by molar-refractivity contribution is 0.507. The SMILES string of the molecule is CC(C)C(Nc1nc(-c2cccnc2)nc2c1cnn2C)c1nccn1C. The standard InChI is InChI=1S/C19H22N8/c1-12(2)15(19-21-8-9-26(19)3)23-17-14-11-22-27(4)18(14)25-16(24-17)13-6-5-7-20-10-13/h5-12,15H,1-4H3,(H,23,24,25). The van der Waals surface area contributed by atoms with Crippen LogP contribution in [0.15, 0.2) is 43.1 Å². The van der Waals surface area contributed by atoms with E-state index in [-0.39, 0.29) is 6.04 Å². The number of imidazole rings is 1. The van der Waals surface area contributed by atoms with Crippen molar-refractivity contribution in [2.75, 3.05) is 5.32 Å². The first-order valence-electron chi connectivity index (χ1n) is 8.88. The Morgan fingerprint density at radius 1 is 1.07 bits per heavy atom. The molecule has 4 aromatic rings. The third-order valence-electron chi connectivity index (χ3n) is 4.61. The molecule has 1 atom stereocenters. The van der Waals surface area contributed by atoms with Crippen LogP contribution in [0.1, 0.15) is 25.7 Å². The van der Waals surface area contributed by atoms with Gasteiger partial charge in [0.15, 0.2) is 11.5 Å². The minimum Gasteiger partial charge on any atom is -0.359 e. The third kappa shape index (κ3) is 3.14. The molecule has 138 valence electrons. The molecule has 1 unspecified atom stereocenters. The van der Waals surface area contributed by atoms with Gasteiger partial charge in [-0.15, -0.1) is 0 Å². The Balaban J connectivity index is 1.84.